The number of carbonyl (C=O) groups is 1. The Balaban J connectivity index is 2.32. The molecule has 0 saturated carbocycles. The van der Waals surface area contributed by atoms with E-state index < -0.39 is 0 Å². The lowest BCUT2D eigenvalue weighted by molar-refractivity contribution is 0.00489. The average molecular weight is 535 g/mol. The van der Waals surface area contributed by atoms with E-state index in [4.69, 9.17) is 42.6 Å². The van der Waals surface area contributed by atoms with Crippen LogP contribution in [0.3, 0.4) is 0 Å². The molecule has 210 valence electrons. The number of allylic oxidation sites excluding steroid dienone is 1. The summed E-state index contributed by atoms with van der Waals surface area (Å²) >= 11 is 0. The quantitative estimate of drug-likeness (QED) is 0.0989. The molecular weight excluding hydrogens is 496 g/mol. The maximum absolute atomic E-state index is 13.2. The second kappa shape index (κ2) is 18.0. The molecule has 0 saturated heterocycles. The van der Waals surface area contributed by atoms with Crippen molar-refractivity contribution in [2.75, 3.05) is 60.7 Å². The van der Waals surface area contributed by atoms with Gasteiger partial charge in [-0.3, -0.25) is 4.79 Å². The molecule has 38 heavy (non-hydrogen) atoms. The zero-order valence-corrected chi connectivity index (χ0v) is 22.8. The Morgan fingerprint density at radius 3 is 1.87 bits per heavy atom. The first kappa shape index (κ1) is 30.9. The predicted octanol–water partition coefficient (Wildman–Crippen LogP) is 5.08. The van der Waals surface area contributed by atoms with Crippen LogP contribution in [0.25, 0.3) is 6.08 Å². The molecule has 2 rings (SSSR count). The number of ketones is 1. The van der Waals surface area contributed by atoms with Crippen LogP contribution in [0.4, 0.5) is 0 Å². The van der Waals surface area contributed by atoms with E-state index in [0.29, 0.717) is 66.3 Å². The van der Waals surface area contributed by atoms with E-state index in [-0.39, 0.29) is 33.0 Å². The van der Waals surface area contributed by atoms with Gasteiger partial charge in [-0.05, 0) is 64.1 Å². The summed E-state index contributed by atoms with van der Waals surface area (Å²) in [5.74, 6) is 1.69. The van der Waals surface area contributed by atoms with Gasteiger partial charge in [0.05, 0.1) is 12.7 Å². The van der Waals surface area contributed by atoms with Gasteiger partial charge in [-0.25, -0.2) is 0 Å². The molecule has 0 aliphatic rings. The first-order chi connectivity index (χ1) is 18.6. The van der Waals surface area contributed by atoms with Crippen molar-refractivity contribution in [1.29, 1.82) is 0 Å². The van der Waals surface area contributed by atoms with Gasteiger partial charge in [0.2, 0.25) is 5.75 Å². The zero-order valence-electron chi connectivity index (χ0n) is 22.8. The monoisotopic (exact) mass is 534 g/mol. The van der Waals surface area contributed by atoms with Gasteiger partial charge in [0.25, 0.3) is 0 Å². The van der Waals surface area contributed by atoms with E-state index in [1.54, 1.807) is 36.4 Å². The van der Waals surface area contributed by atoms with Gasteiger partial charge >= 0.3 is 0 Å². The lowest BCUT2D eigenvalue weighted by atomic mass is 10.1. The minimum atomic E-state index is -0.289. The van der Waals surface area contributed by atoms with Gasteiger partial charge in [0.1, 0.15) is 11.5 Å². The SMILES string of the molecule is CCOCOc1ccc(C(=O)C=Cc2ccc(OCOCC)c(OCOCC)c2OC)c(OCOCC)c1. The van der Waals surface area contributed by atoms with E-state index in [1.165, 1.54) is 13.2 Å². The third-order valence-electron chi connectivity index (χ3n) is 4.95. The summed E-state index contributed by atoms with van der Waals surface area (Å²) in [6.45, 7) is 9.58. The Morgan fingerprint density at radius 1 is 0.684 bits per heavy atom. The van der Waals surface area contributed by atoms with Gasteiger partial charge < -0.3 is 42.6 Å². The fraction of sp³-hybridized carbons (Fsp3) is 0.464. The number of hydrogen-bond acceptors (Lipinski definition) is 10. The maximum atomic E-state index is 13.2. The molecule has 0 atom stereocenters. The standard InChI is InChI=1S/C28H38O10/c1-6-31-17-35-22-12-13-23(26(16-22)37-19-33-8-3)24(29)14-10-21-11-15-25(36-18-32-7-2)28(27(21)30-5)38-20-34-9-4/h10-16H,6-9,17-20H2,1-5H3. The van der Waals surface area contributed by atoms with Crippen molar-refractivity contribution in [2.24, 2.45) is 0 Å². The molecule has 0 heterocycles. The van der Waals surface area contributed by atoms with Crippen LogP contribution in [-0.2, 0) is 18.9 Å². The molecule has 0 amide bonds. The molecule has 0 aliphatic heterocycles. The number of carbonyl (C=O) groups excluding carboxylic acids is 1. The molecule has 0 fully saturated rings. The van der Waals surface area contributed by atoms with Crippen molar-refractivity contribution in [3.05, 3.63) is 47.5 Å². The highest BCUT2D eigenvalue weighted by molar-refractivity contribution is 6.09. The lowest BCUT2D eigenvalue weighted by Crippen LogP contribution is -2.08. The van der Waals surface area contributed by atoms with Crippen LogP contribution in [0, 0.1) is 0 Å². The number of rotatable bonds is 20. The Morgan fingerprint density at radius 2 is 1.26 bits per heavy atom. The van der Waals surface area contributed by atoms with E-state index in [9.17, 15) is 4.79 Å². The van der Waals surface area contributed by atoms with Crippen LogP contribution in [0.15, 0.2) is 36.4 Å². The molecule has 0 spiro atoms. The van der Waals surface area contributed by atoms with E-state index in [1.807, 2.05) is 27.7 Å². The lowest BCUT2D eigenvalue weighted by Gasteiger charge is -2.17. The van der Waals surface area contributed by atoms with Crippen LogP contribution in [0.2, 0.25) is 0 Å². The van der Waals surface area contributed by atoms with Crippen molar-refractivity contribution >= 4 is 11.9 Å². The van der Waals surface area contributed by atoms with Crippen molar-refractivity contribution in [3.8, 4) is 28.7 Å². The third-order valence-corrected chi connectivity index (χ3v) is 4.95. The van der Waals surface area contributed by atoms with Gasteiger partial charge in [0.15, 0.2) is 44.5 Å². The molecule has 10 nitrogen and oxygen atoms in total. The van der Waals surface area contributed by atoms with Crippen molar-refractivity contribution in [3.63, 3.8) is 0 Å². The zero-order chi connectivity index (χ0) is 27.6. The summed E-state index contributed by atoms with van der Waals surface area (Å²) in [4.78, 5) is 13.2. The predicted molar refractivity (Wildman–Crippen MR) is 141 cm³/mol. The first-order valence-electron chi connectivity index (χ1n) is 12.5. The van der Waals surface area contributed by atoms with Crippen LogP contribution in [0.1, 0.15) is 43.6 Å². The van der Waals surface area contributed by atoms with Crippen molar-refractivity contribution in [1.82, 2.24) is 0 Å². The summed E-state index contributed by atoms with van der Waals surface area (Å²) in [5, 5.41) is 0. The van der Waals surface area contributed by atoms with E-state index >= 15 is 0 Å². The molecule has 2 aromatic rings. The fourth-order valence-electron chi connectivity index (χ4n) is 3.08. The first-order valence-corrected chi connectivity index (χ1v) is 12.5. The number of benzene rings is 2. The highest BCUT2D eigenvalue weighted by Gasteiger charge is 2.18. The number of methoxy groups -OCH3 is 1. The second-order valence-corrected chi connectivity index (χ2v) is 7.39. The van der Waals surface area contributed by atoms with E-state index in [0.717, 1.165) is 0 Å². The van der Waals surface area contributed by atoms with E-state index in [2.05, 4.69) is 0 Å². The molecule has 2 aromatic carbocycles. The van der Waals surface area contributed by atoms with Crippen LogP contribution < -0.4 is 23.7 Å². The molecule has 0 aromatic heterocycles. The third kappa shape index (κ3) is 9.86. The Bertz CT molecular complexity index is 1010. The molecule has 0 N–H and O–H groups in total. The maximum Gasteiger partial charge on any atom is 0.206 e. The normalized spacial score (nSPS) is 11.0. The number of ether oxygens (including phenoxy) is 9. The number of hydrogen-bond donors (Lipinski definition) is 0. The average Bonchev–Trinajstić information content (AvgIpc) is 2.93. The van der Waals surface area contributed by atoms with Crippen LogP contribution in [0.5, 0.6) is 28.7 Å². The summed E-state index contributed by atoms with van der Waals surface area (Å²) in [5.41, 5.74) is 0.942. The second-order valence-electron chi connectivity index (χ2n) is 7.39. The summed E-state index contributed by atoms with van der Waals surface area (Å²) in [6, 6.07) is 8.42. The minimum absolute atomic E-state index is 0.00218. The van der Waals surface area contributed by atoms with Gasteiger partial charge in [-0.15, -0.1) is 0 Å². The smallest absolute Gasteiger partial charge is 0.206 e. The molecule has 0 radical (unpaired) electrons. The molecule has 10 heteroatoms. The fourth-order valence-corrected chi connectivity index (χ4v) is 3.08. The van der Waals surface area contributed by atoms with Gasteiger partial charge in [0, 0.05) is 38.1 Å². The highest BCUT2D eigenvalue weighted by Crippen LogP contribution is 2.41. The summed E-state index contributed by atoms with van der Waals surface area (Å²) < 4.78 is 49.5. The Labute approximate surface area is 224 Å². The molecule has 0 unspecified atom stereocenters. The minimum Gasteiger partial charge on any atom is -0.492 e. The Kier molecular flexibility index (Phi) is 14.7. The highest BCUT2D eigenvalue weighted by atomic mass is 16.7. The summed E-state index contributed by atoms with van der Waals surface area (Å²) in [6.07, 6.45) is 3.06. The molecule has 0 aliphatic carbocycles. The van der Waals surface area contributed by atoms with Gasteiger partial charge in [-0.2, -0.15) is 0 Å². The van der Waals surface area contributed by atoms with Gasteiger partial charge in [-0.1, -0.05) is 0 Å². The summed E-state index contributed by atoms with van der Waals surface area (Å²) in [7, 11) is 1.51. The van der Waals surface area contributed by atoms with Crippen molar-refractivity contribution in [2.45, 2.75) is 27.7 Å². The molecular formula is C28H38O10. The Hall–Kier alpha value is -3.31. The largest absolute Gasteiger partial charge is 0.492 e. The topological polar surface area (TPSA) is 100 Å². The van der Waals surface area contributed by atoms with Crippen LogP contribution in [-0.4, -0.2) is 66.5 Å². The molecule has 0 bridgehead atoms. The van der Waals surface area contributed by atoms with Crippen LogP contribution >= 0.6 is 0 Å². The van der Waals surface area contributed by atoms with Crippen molar-refractivity contribution < 1.29 is 47.4 Å².